The van der Waals surface area contributed by atoms with Gasteiger partial charge < -0.3 is 0 Å². The average Bonchev–Trinajstić information content (AvgIpc) is 2.71. The number of thiophene rings is 1. The second-order valence-corrected chi connectivity index (χ2v) is 5.10. The quantitative estimate of drug-likeness (QED) is 0.663. The summed E-state index contributed by atoms with van der Waals surface area (Å²) >= 11 is 7.25. The predicted molar refractivity (Wildman–Crippen MR) is 69.6 cm³/mol. The normalized spacial score (nSPS) is 12.7. The third-order valence-electron chi connectivity index (χ3n) is 2.61. The minimum Gasteiger partial charge on any atom is -0.271 e. The van der Waals surface area contributed by atoms with Gasteiger partial charge >= 0.3 is 0 Å². The molecule has 1 unspecified atom stereocenters. The summed E-state index contributed by atoms with van der Waals surface area (Å²) in [6.45, 7) is 2.00. The number of aryl methyl sites for hydroxylation is 1. The van der Waals surface area contributed by atoms with Gasteiger partial charge in [-0.25, -0.2) is 9.82 Å². The lowest BCUT2D eigenvalue weighted by atomic mass is 10.0. The van der Waals surface area contributed by atoms with Crippen LogP contribution in [-0.2, 0) is 0 Å². The zero-order valence-electron chi connectivity index (χ0n) is 9.21. The maximum Gasteiger partial charge on any atom is 0.142 e. The van der Waals surface area contributed by atoms with Gasteiger partial charge in [-0.1, -0.05) is 17.7 Å². The Morgan fingerprint density at radius 1 is 1.41 bits per heavy atom. The topological polar surface area (TPSA) is 38.0 Å². The first-order valence-corrected chi connectivity index (χ1v) is 6.34. The molecule has 2 aromatic rings. The molecule has 0 aliphatic rings. The Kier molecular flexibility index (Phi) is 3.79. The molecule has 0 aliphatic heterocycles. The Balaban J connectivity index is 2.42. The molecule has 0 bridgehead atoms. The Bertz CT molecular complexity index is 527. The van der Waals surface area contributed by atoms with Crippen LogP contribution in [0, 0.1) is 12.7 Å². The lowest BCUT2D eigenvalue weighted by molar-refractivity contribution is 0.608. The zero-order chi connectivity index (χ0) is 12.4. The van der Waals surface area contributed by atoms with Crippen LogP contribution < -0.4 is 11.3 Å². The highest BCUT2D eigenvalue weighted by atomic mass is 35.5. The number of nitrogens with one attached hydrogen (secondary N) is 1. The van der Waals surface area contributed by atoms with Gasteiger partial charge in [0, 0.05) is 4.88 Å². The van der Waals surface area contributed by atoms with Crippen molar-refractivity contribution in [2.75, 3.05) is 0 Å². The number of rotatable bonds is 3. The third kappa shape index (κ3) is 2.50. The second-order valence-electron chi connectivity index (χ2n) is 3.74. The van der Waals surface area contributed by atoms with Gasteiger partial charge in [0.15, 0.2) is 0 Å². The van der Waals surface area contributed by atoms with E-state index in [-0.39, 0.29) is 11.1 Å². The highest BCUT2D eigenvalue weighted by molar-refractivity contribution is 7.10. The fourth-order valence-electron chi connectivity index (χ4n) is 1.70. The van der Waals surface area contributed by atoms with Crippen molar-refractivity contribution >= 4 is 22.9 Å². The van der Waals surface area contributed by atoms with Crippen LogP contribution in [0.2, 0.25) is 5.02 Å². The van der Waals surface area contributed by atoms with Gasteiger partial charge in [0.2, 0.25) is 0 Å². The van der Waals surface area contributed by atoms with E-state index in [4.69, 9.17) is 17.4 Å². The van der Waals surface area contributed by atoms with Gasteiger partial charge in [0.05, 0.1) is 11.1 Å². The number of hydrazine groups is 1. The van der Waals surface area contributed by atoms with Crippen LogP contribution in [0.5, 0.6) is 0 Å². The maximum absolute atomic E-state index is 13.4. The minimum atomic E-state index is -0.432. The van der Waals surface area contributed by atoms with Gasteiger partial charge in [-0.15, -0.1) is 11.3 Å². The average molecular weight is 271 g/mol. The van der Waals surface area contributed by atoms with E-state index in [1.807, 2.05) is 18.4 Å². The molecule has 0 aliphatic carbocycles. The molecule has 1 aromatic carbocycles. The molecular weight excluding hydrogens is 259 g/mol. The summed E-state index contributed by atoms with van der Waals surface area (Å²) in [5.41, 5.74) is 4.61. The summed E-state index contributed by atoms with van der Waals surface area (Å²) < 4.78 is 13.4. The van der Waals surface area contributed by atoms with E-state index in [0.717, 1.165) is 16.0 Å². The number of halogens is 2. The van der Waals surface area contributed by atoms with Gasteiger partial charge in [-0.3, -0.25) is 5.84 Å². The van der Waals surface area contributed by atoms with Crippen LogP contribution >= 0.6 is 22.9 Å². The molecule has 0 amide bonds. The maximum atomic E-state index is 13.4. The molecule has 3 N–H and O–H groups in total. The first-order chi connectivity index (χ1) is 8.13. The van der Waals surface area contributed by atoms with E-state index >= 15 is 0 Å². The van der Waals surface area contributed by atoms with Gasteiger partial charge in [0.25, 0.3) is 0 Å². The van der Waals surface area contributed by atoms with Gasteiger partial charge in [-0.05, 0) is 41.6 Å². The summed E-state index contributed by atoms with van der Waals surface area (Å²) in [4.78, 5) is 1.08. The Morgan fingerprint density at radius 3 is 2.71 bits per heavy atom. The van der Waals surface area contributed by atoms with Crippen molar-refractivity contribution in [1.82, 2.24) is 5.43 Å². The molecule has 0 spiro atoms. The summed E-state index contributed by atoms with van der Waals surface area (Å²) in [7, 11) is 0. The van der Waals surface area contributed by atoms with Crippen LogP contribution in [0.4, 0.5) is 4.39 Å². The standard InChI is InChI=1S/C12H12ClFN2S/c1-7-4-5-17-12(7)11(16-15)8-2-3-9(13)10(14)6-8/h2-6,11,16H,15H2,1H3. The Hall–Kier alpha value is -0.940. The van der Waals surface area contributed by atoms with Crippen molar-refractivity contribution in [2.24, 2.45) is 5.84 Å². The van der Waals surface area contributed by atoms with Crippen molar-refractivity contribution in [3.05, 3.63) is 56.5 Å². The first kappa shape index (κ1) is 12.5. The van der Waals surface area contributed by atoms with E-state index in [1.54, 1.807) is 23.5 Å². The van der Waals surface area contributed by atoms with Crippen LogP contribution in [0.3, 0.4) is 0 Å². The lowest BCUT2D eigenvalue weighted by Crippen LogP contribution is -2.28. The summed E-state index contributed by atoms with van der Waals surface area (Å²) in [5.74, 6) is 5.12. The molecule has 1 atom stereocenters. The molecule has 90 valence electrons. The van der Waals surface area contributed by atoms with Crippen LogP contribution in [0.1, 0.15) is 22.0 Å². The molecule has 0 saturated heterocycles. The van der Waals surface area contributed by atoms with Crippen molar-refractivity contribution in [3.63, 3.8) is 0 Å². The molecule has 0 radical (unpaired) electrons. The molecule has 2 nitrogen and oxygen atoms in total. The van der Waals surface area contributed by atoms with E-state index in [2.05, 4.69) is 5.43 Å². The van der Waals surface area contributed by atoms with Gasteiger partial charge in [0.1, 0.15) is 5.82 Å². The number of hydrogen-bond donors (Lipinski definition) is 2. The van der Waals surface area contributed by atoms with Crippen LogP contribution in [0.25, 0.3) is 0 Å². The summed E-state index contributed by atoms with van der Waals surface area (Å²) in [6.07, 6.45) is 0. The molecule has 17 heavy (non-hydrogen) atoms. The zero-order valence-corrected chi connectivity index (χ0v) is 10.8. The lowest BCUT2D eigenvalue weighted by Gasteiger charge is -2.16. The molecule has 1 heterocycles. The fourth-order valence-corrected chi connectivity index (χ4v) is 2.83. The highest BCUT2D eigenvalue weighted by Crippen LogP contribution is 2.30. The monoisotopic (exact) mass is 270 g/mol. The number of hydrogen-bond acceptors (Lipinski definition) is 3. The summed E-state index contributed by atoms with van der Waals surface area (Å²) in [6, 6.07) is 6.53. The number of benzene rings is 1. The van der Waals surface area contributed by atoms with Crippen molar-refractivity contribution in [3.8, 4) is 0 Å². The van der Waals surface area contributed by atoms with Gasteiger partial charge in [-0.2, -0.15) is 0 Å². The van der Waals surface area contributed by atoms with Crippen molar-refractivity contribution < 1.29 is 4.39 Å². The molecule has 2 rings (SSSR count). The van der Waals surface area contributed by atoms with E-state index in [1.165, 1.54) is 6.07 Å². The third-order valence-corrected chi connectivity index (χ3v) is 4.00. The SMILES string of the molecule is Cc1ccsc1C(NN)c1ccc(Cl)c(F)c1. The molecular formula is C12H12ClFN2S. The first-order valence-electron chi connectivity index (χ1n) is 5.08. The van der Waals surface area contributed by atoms with E-state index < -0.39 is 5.82 Å². The van der Waals surface area contributed by atoms with Crippen LogP contribution in [-0.4, -0.2) is 0 Å². The molecule has 0 fully saturated rings. The molecule has 0 saturated carbocycles. The smallest absolute Gasteiger partial charge is 0.142 e. The second kappa shape index (κ2) is 5.14. The van der Waals surface area contributed by atoms with E-state index in [0.29, 0.717) is 0 Å². The van der Waals surface area contributed by atoms with Crippen molar-refractivity contribution in [2.45, 2.75) is 13.0 Å². The predicted octanol–water partition coefficient (Wildman–Crippen LogP) is 3.40. The fraction of sp³-hybridized carbons (Fsp3) is 0.167. The summed E-state index contributed by atoms with van der Waals surface area (Å²) in [5, 5.41) is 2.11. The van der Waals surface area contributed by atoms with Crippen molar-refractivity contribution in [1.29, 1.82) is 0 Å². The highest BCUT2D eigenvalue weighted by Gasteiger charge is 2.17. The Labute approximate surface area is 108 Å². The largest absolute Gasteiger partial charge is 0.271 e. The number of nitrogens with two attached hydrogens (primary N) is 1. The minimum absolute atomic E-state index is 0.118. The Morgan fingerprint density at radius 2 is 2.18 bits per heavy atom. The molecule has 5 heteroatoms. The molecule has 1 aromatic heterocycles. The van der Waals surface area contributed by atoms with Crippen LogP contribution in [0.15, 0.2) is 29.6 Å². The van der Waals surface area contributed by atoms with E-state index in [9.17, 15) is 4.39 Å².